The van der Waals surface area contributed by atoms with Crippen molar-refractivity contribution in [3.8, 4) is 0 Å². The van der Waals surface area contributed by atoms with Crippen LogP contribution < -0.4 is 5.32 Å². The zero-order valence-corrected chi connectivity index (χ0v) is 17.9. The highest BCUT2D eigenvalue weighted by molar-refractivity contribution is 9.10. The molecule has 140 valence electrons. The fourth-order valence-electron chi connectivity index (χ4n) is 3.42. The van der Waals surface area contributed by atoms with Crippen LogP contribution in [0.3, 0.4) is 0 Å². The molecule has 1 aliphatic heterocycles. The molecule has 3 aromatic rings. The highest BCUT2D eigenvalue weighted by Crippen LogP contribution is 2.38. The Labute approximate surface area is 179 Å². The van der Waals surface area contributed by atoms with Crippen LogP contribution in [0.25, 0.3) is 0 Å². The van der Waals surface area contributed by atoms with E-state index in [1.807, 2.05) is 60.7 Å². The SMILES string of the molecule is O=C1CN(C(=O)c2ccc(Br)cc2)[C@H](c2ccccc2)c2cc(Br)ccc2N1. The van der Waals surface area contributed by atoms with Crippen LogP contribution in [0.5, 0.6) is 0 Å². The second kappa shape index (κ2) is 7.89. The molecule has 1 N–H and O–H groups in total. The highest BCUT2D eigenvalue weighted by atomic mass is 79.9. The molecule has 0 spiro atoms. The number of hydrogen-bond donors (Lipinski definition) is 1. The number of hydrogen-bond acceptors (Lipinski definition) is 2. The Kier molecular flexibility index (Phi) is 5.33. The van der Waals surface area contributed by atoms with Crippen molar-refractivity contribution in [1.82, 2.24) is 4.90 Å². The Morgan fingerprint density at radius 1 is 0.929 bits per heavy atom. The van der Waals surface area contributed by atoms with E-state index in [-0.39, 0.29) is 24.4 Å². The van der Waals surface area contributed by atoms with Gasteiger partial charge in [0.25, 0.3) is 5.91 Å². The van der Waals surface area contributed by atoms with Crippen LogP contribution in [0.15, 0.2) is 81.7 Å². The van der Waals surface area contributed by atoms with Crippen molar-refractivity contribution >= 4 is 49.4 Å². The molecule has 3 aromatic carbocycles. The minimum absolute atomic E-state index is 0.0270. The summed E-state index contributed by atoms with van der Waals surface area (Å²) >= 11 is 6.92. The number of rotatable bonds is 2. The molecule has 4 nitrogen and oxygen atoms in total. The maximum absolute atomic E-state index is 13.4. The molecular formula is C22H16Br2N2O2. The average molecular weight is 500 g/mol. The van der Waals surface area contributed by atoms with E-state index in [1.54, 1.807) is 17.0 Å². The van der Waals surface area contributed by atoms with Gasteiger partial charge >= 0.3 is 0 Å². The number of anilines is 1. The van der Waals surface area contributed by atoms with E-state index in [0.717, 1.165) is 20.1 Å². The number of nitrogens with zero attached hydrogens (tertiary/aromatic N) is 1. The Hall–Kier alpha value is -2.44. The third kappa shape index (κ3) is 3.75. The van der Waals surface area contributed by atoms with Crippen LogP contribution in [-0.4, -0.2) is 23.3 Å². The summed E-state index contributed by atoms with van der Waals surface area (Å²) in [7, 11) is 0. The van der Waals surface area contributed by atoms with Crippen LogP contribution in [0.2, 0.25) is 0 Å². The molecule has 1 atom stereocenters. The van der Waals surface area contributed by atoms with Crippen molar-refractivity contribution in [2.75, 3.05) is 11.9 Å². The second-order valence-corrected chi connectivity index (χ2v) is 8.36. The number of benzene rings is 3. The van der Waals surface area contributed by atoms with E-state index < -0.39 is 0 Å². The lowest BCUT2D eigenvalue weighted by molar-refractivity contribution is -0.117. The van der Waals surface area contributed by atoms with E-state index in [2.05, 4.69) is 37.2 Å². The van der Waals surface area contributed by atoms with E-state index >= 15 is 0 Å². The monoisotopic (exact) mass is 498 g/mol. The smallest absolute Gasteiger partial charge is 0.255 e. The second-order valence-electron chi connectivity index (χ2n) is 6.53. The van der Waals surface area contributed by atoms with Crippen LogP contribution >= 0.6 is 31.9 Å². The predicted molar refractivity (Wildman–Crippen MR) is 116 cm³/mol. The van der Waals surface area contributed by atoms with Crippen molar-refractivity contribution in [2.24, 2.45) is 0 Å². The Balaban J connectivity index is 1.88. The molecule has 0 aromatic heterocycles. The summed E-state index contributed by atoms with van der Waals surface area (Å²) in [6.07, 6.45) is 0. The van der Waals surface area contributed by atoms with E-state index in [4.69, 9.17) is 0 Å². The summed E-state index contributed by atoms with van der Waals surface area (Å²) in [4.78, 5) is 27.6. The first-order chi connectivity index (χ1) is 13.5. The lowest BCUT2D eigenvalue weighted by atomic mass is 9.95. The van der Waals surface area contributed by atoms with Crippen molar-refractivity contribution in [2.45, 2.75) is 6.04 Å². The highest BCUT2D eigenvalue weighted by Gasteiger charge is 2.34. The van der Waals surface area contributed by atoms with E-state index in [0.29, 0.717) is 11.3 Å². The van der Waals surface area contributed by atoms with Gasteiger partial charge in [-0.05, 0) is 48.0 Å². The summed E-state index contributed by atoms with van der Waals surface area (Å²) in [6.45, 7) is -0.0270. The maximum Gasteiger partial charge on any atom is 0.255 e. The topological polar surface area (TPSA) is 49.4 Å². The summed E-state index contributed by atoms with van der Waals surface area (Å²) < 4.78 is 1.78. The van der Waals surface area contributed by atoms with Crippen LogP contribution in [-0.2, 0) is 4.79 Å². The summed E-state index contributed by atoms with van der Waals surface area (Å²) in [5.74, 6) is -0.406. The minimum atomic E-state index is -0.385. The first-order valence-electron chi connectivity index (χ1n) is 8.74. The number of fused-ring (bicyclic) bond motifs is 1. The molecule has 6 heteroatoms. The molecule has 0 saturated heterocycles. The zero-order chi connectivity index (χ0) is 19.7. The molecule has 2 amide bonds. The minimum Gasteiger partial charge on any atom is -0.324 e. The number of nitrogens with one attached hydrogen (secondary N) is 1. The van der Waals surface area contributed by atoms with Crippen molar-refractivity contribution in [3.05, 3.63) is 98.4 Å². The third-order valence-electron chi connectivity index (χ3n) is 4.68. The van der Waals surface area contributed by atoms with Gasteiger partial charge in [-0.1, -0.05) is 62.2 Å². The van der Waals surface area contributed by atoms with Gasteiger partial charge in [0.2, 0.25) is 5.91 Å². The lowest BCUT2D eigenvalue weighted by Gasteiger charge is -2.30. The summed E-state index contributed by atoms with van der Waals surface area (Å²) in [6, 6.07) is 22.3. The molecule has 1 heterocycles. The van der Waals surface area contributed by atoms with E-state index in [9.17, 15) is 9.59 Å². The summed E-state index contributed by atoms with van der Waals surface area (Å²) in [5.41, 5.74) is 3.07. The quantitative estimate of drug-likeness (QED) is 0.513. The zero-order valence-electron chi connectivity index (χ0n) is 14.7. The fraction of sp³-hybridized carbons (Fsp3) is 0.0909. The molecule has 0 fully saturated rings. The van der Waals surface area contributed by atoms with Crippen molar-refractivity contribution < 1.29 is 9.59 Å². The number of carbonyl (C=O) groups excluding carboxylic acids is 2. The molecule has 0 aliphatic carbocycles. The molecule has 0 saturated carbocycles. The predicted octanol–water partition coefficient (Wildman–Crippen LogP) is 5.40. The molecular weight excluding hydrogens is 484 g/mol. The van der Waals surface area contributed by atoms with Crippen molar-refractivity contribution in [3.63, 3.8) is 0 Å². The van der Waals surface area contributed by atoms with Gasteiger partial charge in [0.05, 0.1) is 6.04 Å². The van der Waals surface area contributed by atoms with Crippen LogP contribution in [0, 0.1) is 0 Å². The van der Waals surface area contributed by atoms with Gasteiger partial charge in [-0.25, -0.2) is 0 Å². The number of amides is 2. The standard InChI is InChI=1S/C22H16Br2N2O2/c23-16-8-6-15(7-9-16)22(28)26-13-20(27)25-19-11-10-17(24)12-18(19)21(26)14-4-2-1-3-5-14/h1-12,21H,13H2,(H,25,27)/t21-/m1/s1. The van der Waals surface area contributed by atoms with E-state index in [1.165, 1.54) is 0 Å². The summed E-state index contributed by atoms with van der Waals surface area (Å²) in [5, 5.41) is 2.93. The molecule has 1 aliphatic rings. The van der Waals surface area contributed by atoms with Gasteiger partial charge < -0.3 is 10.2 Å². The van der Waals surface area contributed by atoms with Gasteiger partial charge in [0.15, 0.2) is 0 Å². The van der Waals surface area contributed by atoms with Gasteiger partial charge in [-0.2, -0.15) is 0 Å². The average Bonchev–Trinajstić information content (AvgIpc) is 2.84. The molecule has 0 bridgehead atoms. The Morgan fingerprint density at radius 2 is 1.61 bits per heavy atom. The number of halogens is 2. The largest absolute Gasteiger partial charge is 0.324 e. The van der Waals surface area contributed by atoms with Crippen LogP contribution in [0.4, 0.5) is 5.69 Å². The molecule has 0 radical (unpaired) electrons. The van der Waals surface area contributed by atoms with Gasteiger partial charge in [-0.3, -0.25) is 9.59 Å². The molecule has 28 heavy (non-hydrogen) atoms. The fourth-order valence-corrected chi connectivity index (χ4v) is 4.06. The molecule has 4 rings (SSSR count). The van der Waals surface area contributed by atoms with Crippen molar-refractivity contribution in [1.29, 1.82) is 0 Å². The first kappa shape index (κ1) is 18.9. The van der Waals surface area contributed by atoms with Gasteiger partial charge in [0.1, 0.15) is 6.54 Å². The molecule has 0 unspecified atom stereocenters. The normalized spacial score (nSPS) is 16.1. The maximum atomic E-state index is 13.4. The van der Waals surface area contributed by atoms with Crippen LogP contribution in [0.1, 0.15) is 27.5 Å². The number of carbonyl (C=O) groups is 2. The van der Waals surface area contributed by atoms with Gasteiger partial charge in [-0.15, -0.1) is 0 Å². The Morgan fingerprint density at radius 3 is 2.32 bits per heavy atom. The Bertz CT molecular complexity index is 1040. The first-order valence-corrected chi connectivity index (χ1v) is 10.3. The third-order valence-corrected chi connectivity index (χ3v) is 5.70. The lowest BCUT2D eigenvalue weighted by Crippen LogP contribution is -2.38. The van der Waals surface area contributed by atoms with Gasteiger partial charge in [0, 0.05) is 25.8 Å².